The lowest BCUT2D eigenvalue weighted by Crippen LogP contribution is -2.51. The summed E-state index contributed by atoms with van der Waals surface area (Å²) in [6, 6.07) is 18.0. The topological polar surface area (TPSA) is 64.6 Å². The van der Waals surface area contributed by atoms with Crippen LogP contribution in [0.15, 0.2) is 67.0 Å². The molecule has 5 rings (SSSR count). The van der Waals surface area contributed by atoms with E-state index in [1.165, 1.54) is 18.4 Å². The van der Waals surface area contributed by atoms with Gasteiger partial charge in [0, 0.05) is 48.8 Å². The molecule has 0 spiro atoms. The number of pyridine rings is 2. The molecular weight excluding hydrogens is 493 g/mol. The van der Waals surface area contributed by atoms with Gasteiger partial charge in [0.15, 0.2) is 0 Å². The lowest BCUT2D eigenvalue weighted by Gasteiger charge is -2.38. The molecule has 2 aliphatic rings. The smallest absolute Gasteiger partial charge is 0.274 e. The molecule has 1 amide bonds. The van der Waals surface area contributed by atoms with Crippen LogP contribution in [-0.2, 0) is 6.54 Å². The van der Waals surface area contributed by atoms with E-state index in [-0.39, 0.29) is 11.2 Å². The molecule has 7 nitrogen and oxygen atoms in total. The number of piperidine rings is 1. The Bertz CT molecular complexity index is 1240. The molecule has 38 heavy (non-hydrogen) atoms. The van der Waals surface area contributed by atoms with Gasteiger partial charge in [-0.2, -0.15) is 0 Å². The molecule has 196 valence electrons. The third-order valence-corrected chi connectivity index (χ3v) is 8.33. The van der Waals surface area contributed by atoms with Crippen molar-refractivity contribution in [2.45, 2.75) is 37.2 Å². The van der Waals surface area contributed by atoms with Crippen LogP contribution in [-0.4, -0.2) is 85.5 Å². The number of aromatic nitrogens is 2. The van der Waals surface area contributed by atoms with Crippen LogP contribution >= 0.6 is 11.6 Å². The van der Waals surface area contributed by atoms with Gasteiger partial charge in [0.2, 0.25) is 0 Å². The zero-order valence-electron chi connectivity index (χ0n) is 22.3. The maximum Gasteiger partial charge on any atom is 0.274 e. The van der Waals surface area contributed by atoms with E-state index >= 15 is 0 Å². The standard InChI is InChI=1S/C28H35B2ClN6O/c29-28(30)12-17-36(23-10-15-35(16-11-23)20-21-4-1-2-5-24(21)31)18-19-37(28)26-7-3-6-25(34-26)27(38)33-22-8-13-32-14-9-22/h1-9,13-14,23H,10-12,15-20,29-30H2,(H,32,33,38). The number of hydrogen-bond donors (Lipinski definition) is 1. The summed E-state index contributed by atoms with van der Waals surface area (Å²) in [5.74, 6) is 0.643. The van der Waals surface area contributed by atoms with E-state index in [0.717, 1.165) is 56.5 Å². The SMILES string of the molecule is BC1(B)CCN(C2CCN(Cc3ccccc3Cl)CC2)CCN1c1cccc(C(=O)Nc2ccncc2)n1. The average molecular weight is 529 g/mol. The molecule has 2 aliphatic heterocycles. The molecule has 0 atom stereocenters. The third kappa shape index (κ3) is 6.40. The largest absolute Gasteiger partial charge is 0.366 e. The number of halogens is 1. The van der Waals surface area contributed by atoms with Crippen molar-refractivity contribution in [1.82, 2.24) is 19.8 Å². The van der Waals surface area contributed by atoms with E-state index in [0.29, 0.717) is 17.4 Å². The van der Waals surface area contributed by atoms with Crippen LogP contribution in [0.4, 0.5) is 11.5 Å². The minimum Gasteiger partial charge on any atom is -0.366 e. The third-order valence-electron chi connectivity index (χ3n) is 7.96. The first-order valence-electron chi connectivity index (χ1n) is 13.5. The van der Waals surface area contributed by atoms with Crippen LogP contribution in [0.5, 0.6) is 0 Å². The highest BCUT2D eigenvalue weighted by Gasteiger charge is 2.34. The minimum atomic E-state index is -0.212. The number of likely N-dealkylation sites (tertiary alicyclic amines) is 1. The second kappa shape index (κ2) is 11.9. The second-order valence-electron chi connectivity index (χ2n) is 10.9. The summed E-state index contributed by atoms with van der Waals surface area (Å²) in [7, 11) is 4.57. The highest BCUT2D eigenvalue weighted by Crippen LogP contribution is 2.28. The summed E-state index contributed by atoms with van der Waals surface area (Å²) < 4.78 is 0. The Morgan fingerprint density at radius 2 is 1.74 bits per heavy atom. The van der Waals surface area contributed by atoms with Crippen molar-refractivity contribution >= 4 is 44.7 Å². The van der Waals surface area contributed by atoms with Crippen LogP contribution in [0.1, 0.15) is 35.3 Å². The Morgan fingerprint density at radius 1 is 0.974 bits per heavy atom. The van der Waals surface area contributed by atoms with Gasteiger partial charge in [-0.3, -0.25) is 19.6 Å². The Kier molecular flexibility index (Phi) is 8.36. The minimum absolute atomic E-state index is 0.0628. The average Bonchev–Trinajstić information content (AvgIpc) is 3.09. The van der Waals surface area contributed by atoms with E-state index in [9.17, 15) is 4.79 Å². The van der Waals surface area contributed by atoms with Gasteiger partial charge in [0.25, 0.3) is 5.91 Å². The zero-order chi connectivity index (χ0) is 26.5. The summed E-state index contributed by atoms with van der Waals surface area (Å²) in [4.78, 5) is 29.2. The van der Waals surface area contributed by atoms with Crippen LogP contribution in [0.2, 0.25) is 5.02 Å². The summed E-state index contributed by atoms with van der Waals surface area (Å²) in [5.41, 5.74) is 2.34. The number of rotatable bonds is 6. The molecule has 0 saturated carbocycles. The number of hydrogen-bond acceptors (Lipinski definition) is 6. The molecule has 2 aromatic heterocycles. The molecule has 3 aromatic rings. The molecule has 0 radical (unpaired) electrons. The van der Waals surface area contributed by atoms with E-state index in [1.807, 2.05) is 24.3 Å². The summed E-state index contributed by atoms with van der Waals surface area (Å²) >= 11 is 6.40. The number of carbonyl (C=O) groups excluding carboxylic acids is 1. The number of anilines is 2. The first-order chi connectivity index (χ1) is 18.4. The van der Waals surface area contributed by atoms with Crippen molar-refractivity contribution < 1.29 is 4.79 Å². The van der Waals surface area contributed by atoms with Gasteiger partial charge in [-0.25, -0.2) is 4.98 Å². The summed E-state index contributed by atoms with van der Waals surface area (Å²) in [6.45, 7) is 6.05. The normalized spacial score (nSPS) is 19.1. The molecular formula is C28H35B2ClN6O. The van der Waals surface area contributed by atoms with Crippen LogP contribution in [0.3, 0.4) is 0 Å². The fraction of sp³-hybridized carbons (Fsp3) is 0.393. The Labute approximate surface area is 232 Å². The van der Waals surface area contributed by atoms with Gasteiger partial charge in [-0.1, -0.05) is 35.9 Å². The van der Waals surface area contributed by atoms with Gasteiger partial charge in [-0.05, 0) is 80.1 Å². The van der Waals surface area contributed by atoms with Crippen LogP contribution < -0.4 is 10.2 Å². The van der Waals surface area contributed by atoms with E-state index in [4.69, 9.17) is 16.6 Å². The molecule has 2 saturated heterocycles. The highest BCUT2D eigenvalue weighted by molar-refractivity contribution is 6.41. The molecule has 1 N–H and O–H groups in total. The molecule has 10 heteroatoms. The van der Waals surface area contributed by atoms with Gasteiger partial charge in [0.05, 0.1) is 0 Å². The molecule has 0 unspecified atom stereocenters. The number of nitrogens with zero attached hydrogens (tertiary/aromatic N) is 5. The zero-order valence-corrected chi connectivity index (χ0v) is 23.1. The van der Waals surface area contributed by atoms with Crippen molar-refractivity contribution in [2.24, 2.45) is 0 Å². The molecule has 4 heterocycles. The number of carbonyl (C=O) groups is 1. The predicted octanol–water partition coefficient (Wildman–Crippen LogP) is 2.48. The predicted molar refractivity (Wildman–Crippen MR) is 160 cm³/mol. The second-order valence-corrected chi connectivity index (χ2v) is 11.3. The fourth-order valence-electron chi connectivity index (χ4n) is 5.63. The van der Waals surface area contributed by atoms with Crippen molar-refractivity contribution in [3.8, 4) is 0 Å². The number of nitrogens with one attached hydrogen (secondary N) is 1. The molecule has 1 aromatic carbocycles. The van der Waals surface area contributed by atoms with Crippen molar-refractivity contribution in [2.75, 3.05) is 42.9 Å². The van der Waals surface area contributed by atoms with Crippen LogP contribution in [0.25, 0.3) is 0 Å². The lowest BCUT2D eigenvalue weighted by molar-refractivity contribution is 0.102. The highest BCUT2D eigenvalue weighted by atomic mass is 35.5. The quantitative estimate of drug-likeness (QED) is 0.496. The summed E-state index contributed by atoms with van der Waals surface area (Å²) in [6.07, 6.45) is 6.71. The van der Waals surface area contributed by atoms with Gasteiger partial charge >= 0.3 is 0 Å². The van der Waals surface area contributed by atoms with E-state index in [2.05, 4.69) is 52.8 Å². The maximum atomic E-state index is 12.9. The number of amides is 1. The lowest BCUT2D eigenvalue weighted by atomic mass is 9.59. The Balaban J connectivity index is 1.20. The van der Waals surface area contributed by atoms with Crippen LogP contribution in [0, 0.1) is 0 Å². The molecule has 2 fully saturated rings. The fourth-order valence-corrected chi connectivity index (χ4v) is 5.82. The Morgan fingerprint density at radius 3 is 2.50 bits per heavy atom. The first kappa shape index (κ1) is 26.7. The summed E-state index contributed by atoms with van der Waals surface area (Å²) in [5, 5.41) is 3.71. The monoisotopic (exact) mass is 528 g/mol. The van der Waals surface area contributed by atoms with Crippen molar-refractivity contribution in [3.63, 3.8) is 0 Å². The van der Waals surface area contributed by atoms with Gasteiger partial charge < -0.3 is 10.2 Å². The van der Waals surface area contributed by atoms with E-state index < -0.39 is 0 Å². The van der Waals surface area contributed by atoms with Gasteiger partial charge in [-0.15, -0.1) is 0 Å². The molecule has 0 bridgehead atoms. The Hall–Kier alpha value is -2.87. The van der Waals surface area contributed by atoms with Crippen molar-refractivity contribution in [3.05, 3.63) is 83.3 Å². The van der Waals surface area contributed by atoms with E-state index in [1.54, 1.807) is 30.6 Å². The first-order valence-corrected chi connectivity index (χ1v) is 13.9. The number of benzene rings is 1. The maximum absolute atomic E-state index is 12.9. The van der Waals surface area contributed by atoms with Gasteiger partial charge in [0.1, 0.15) is 27.2 Å². The van der Waals surface area contributed by atoms with Crippen molar-refractivity contribution in [1.29, 1.82) is 0 Å². The molecule has 0 aliphatic carbocycles.